The van der Waals surface area contributed by atoms with E-state index in [0.29, 0.717) is 0 Å². The Morgan fingerprint density at radius 2 is 1.30 bits per heavy atom. The van der Waals surface area contributed by atoms with Crippen LogP contribution in [0, 0.1) is 0 Å². The van der Waals surface area contributed by atoms with Crippen LogP contribution in [0.1, 0.15) is 40.5 Å². The van der Waals surface area contributed by atoms with Gasteiger partial charge in [-0.25, -0.2) is 0 Å². The third-order valence-electron chi connectivity index (χ3n) is 1.08. The number of likely N-dealkylation sites (tertiary alicyclic amines) is 1. The molecule has 0 amide bonds. The number of nitrogens with zero attached hydrogens (tertiary/aromatic N) is 1. The molecule has 1 heterocycles. The Labute approximate surface area is 66.4 Å². The largest absolute Gasteiger partial charge is 0.306 e. The SMILES string of the molecule is CC.CCC.CN1CCC1. The lowest BCUT2D eigenvalue weighted by Gasteiger charge is -2.24. The first-order chi connectivity index (χ1) is 4.81. The Morgan fingerprint density at radius 3 is 1.30 bits per heavy atom. The lowest BCUT2D eigenvalue weighted by Crippen LogP contribution is -2.32. The van der Waals surface area contributed by atoms with Crippen LogP contribution in [-0.4, -0.2) is 25.0 Å². The molecule has 0 aromatic heterocycles. The topological polar surface area (TPSA) is 3.24 Å². The molecule has 1 aliphatic heterocycles. The first kappa shape index (κ1) is 12.6. The summed E-state index contributed by atoms with van der Waals surface area (Å²) in [7, 11) is 2.14. The van der Waals surface area contributed by atoms with Crippen molar-refractivity contribution in [1.29, 1.82) is 0 Å². The Morgan fingerprint density at radius 1 is 1.10 bits per heavy atom. The smallest absolute Gasteiger partial charge is 0.000959 e. The second kappa shape index (κ2) is 11.7. The molecule has 0 atom stereocenters. The molecule has 64 valence electrons. The molecule has 1 heteroatoms. The van der Waals surface area contributed by atoms with Crippen LogP contribution in [0.2, 0.25) is 0 Å². The Hall–Kier alpha value is -0.0400. The van der Waals surface area contributed by atoms with Gasteiger partial charge in [-0.15, -0.1) is 0 Å². The highest BCUT2D eigenvalue weighted by molar-refractivity contribution is 4.61. The molecule has 1 nitrogen and oxygen atoms in total. The summed E-state index contributed by atoms with van der Waals surface area (Å²) in [6.07, 6.45) is 2.66. The van der Waals surface area contributed by atoms with Crippen LogP contribution in [0.5, 0.6) is 0 Å². The predicted octanol–water partition coefficient (Wildman–Crippen LogP) is 2.76. The van der Waals surface area contributed by atoms with E-state index in [2.05, 4.69) is 25.8 Å². The van der Waals surface area contributed by atoms with Crippen LogP contribution >= 0.6 is 0 Å². The van der Waals surface area contributed by atoms with E-state index >= 15 is 0 Å². The summed E-state index contributed by atoms with van der Waals surface area (Å²) in [5.41, 5.74) is 0. The van der Waals surface area contributed by atoms with Gasteiger partial charge in [0.25, 0.3) is 0 Å². The summed E-state index contributed by atoms with van der Waals surface area (Å²) in [6, 6.07) is 0. The molecule has 0 saturated carbocycles. The van der Waals surface area contributed by atoms with Gasteiger partial charge in [-0.05, 0) is 26.6 Å². The second-order valence-corrected chi connectivity index (χ2v) is 2.36. The zero-order chi connectivity index (χ0) is 8.41. The molecule has 0 N–H and O–H groups in total. The molecule has 0 aromatic rings. The molecule has 0 aromatic carbocycles. The molecule has 1 aliphatic rings. The van der Waals surface area contributed by atoms with E-state index in [1.807, 2.05) is 13.8 Å². The van der Waals surface area contributed by atoms with E-state index < -0.39 is 0 Å². The Bertz CT molecular complexity index is 40.0. The van der Waals surface area contributed by atoms with Crippen LogP contribution < -0.4 is 0 Å². The summed E-state index contributed by atoms with van der Waals surface area (Å²) < 4.78 is 0. The van der Waals surface area contributed by atoms with E-state index in [4.69, 9.17) is 0 Å². The molecule has 10 heavy (non-hydrogen) atoms. The summed E-state index contributed by atoms with van der Waals surface area (Å²) in [6.45, 7) is 10.9. The lowest BCUT2D eigenvalue weighted by molar-refractivity contribution is 0.229. The average Bonchev–Trinajstić information content (AvgIpc) is 1.90. The van der Waals surface area contributed by atoms with Crippen molar-refractivity contribution in [2.45, 2.75) is 40.5 Å². The van der Waals surface area contributed by atoms with Crippen molar-refractivity contribution in [3.63, 3.8) is 0 Å². The van der Waals surface area contributed by atoms with Gasteiger partial charge in [-0.3, -0.25) is 0 Å². The van der Waals surface area contributed by atoms with Crippen molar-refractivity contribution >= 4 is 0 Å². The fourth-order valence-electron chi connectivity index (χ4n) is 0.474. The Kier molecular flexibility index (Phi) is 14.8. The van der Waals surface area contributed by atoms with Crippen LogP contribution in [0.3, 0.4) is 0 Å². The molecule has 1 saturated heterocycles. The zero-order valence-corrected chi connectivity index (χ0v) is 8.28. The minimum atomic E-state index is 1.25. The van der Waals surface area contributed by atoms with Gasteiger partial charge in [0.05, 0.1) is 0 Å². The van der Waals surface area contributed by atoms with E-state index in [1.165, 1.54) is 25.9 Å². The standard InChI is InChI=1S/C4H9N.C3H8.C2H6/c1-5-3-2-4-5;1-3-2;1-2/h2-4H2,1H3;3H2,1-2H3;1-2H3. The monoisotopic (exact) mass is 145 g/mol. The predicted molar refractivity (Wildman–Crippen MR) is 49.4 cm³/mol. The van der Waals surface area contributed by atoms with Crippen molar-refractivity contribution in [2.24, 2.45) is 0 Å². The van der Waals surface area contributed by atoms with Crippen molar-refractivity contribution in [3.05, 3.63) is 0 Å². The van der Waals surface area contributed by atoms with Crippen LogP contribution in [0.4, 0.5) is 0 Å². The van der Waals surface area contributed by atoms with E-state index in [-0.39, 0.29) is 0 Å². The molecule has 0 unspecified atom stereocenters. The van der Waals surface area contributed by atoms with Gasteiger partial charge < -0.3 is 4.90 Å². The molecule has 0 radical (unpaired) electrons. The van der Waals surface area contributed by atoms with Crippen LogP contribution in [-0.2, 0) is 0 Å². The third-order valence-corrected chi connectivity index (χ3v) is 1.08. The fourth-order valence-corrected chi connectivity index (χ4v) is 0.474. The zero-order valence-electron chi connectivity index (χ0n) is 8.28. The molecule has 0 bridgehead atoms. The van der Waals surface area contributed by atoms with Crippen molar-refractivity contribution in [2.75, 3.05) is 20.1 Å². The number of hydrogen-bond donors (Lipinski definition) is 0. The van der Waals surface area contributed by atoms with E-state index in [0.717, 1.165) is 0 Å². The quantitative estimate of drug-likeness (QED) is 0.506. The summed E-state index contributed by atoms with van der Waals surface area (Å²) in [4.78, 5) is 2.31. The lowest BCUT2D eigenvalue weighted by atomic mass is 10.3. The molecule has 1 rings (SSSR count). The van der Waals surface area contributed by atoms with Crippen molar-refractivity contribution in [1.82, 2.24) is 4.90 Å². The molecular weight excluding hydrogens is 122 g/mol. The highest BCUT2D eigenvalue weighted by Gasteiger charge is 2.04. The van der Waals surface area contributed by atoms with Gasteiger partial charge in [-0.2, -0.15) is 0 Å². The molecular formula is C9H23N. The van der Waals surface area contributed by atoms with Crippen molar-refractivity contribution < 1.29 is 0 Å². The minimum Gasteiger partial charge on any atom is -0.306 e. The maximum absolute atomic E-state index is 2.31. The molecule has 0 spiro atoms. The minimum absolute atomic E-state index is 1.25. The summed E-state index contributed by atoms with van der Waals surface area (Å²) in [5.74, 6) is 0. The third kappa shape index (κ3) is 10.9. The van der Waals surface area contributed by atoms with Gasteiger partial charge in [0.1, 0.15) is 0 Å². The van der Waals surface area contributed by atoms with Crippen molar-refractivity contribution in [3.8, 4) is 0 Å². The highest BCUT2D eigenvalue weighted by atomic mass is 15.1. The second-order valence-electron chi connectivity index (χ2n) is 2.36. The molecule has 0 aliphatic carbocycles. The average molecular weight is 145 g/mol. The van der Waals surface area contributed by atoms with E-state index in [1.54, 1.807) is 0 Å². The fraction of sp³-hybridized carbons (Fsp3) is 1.00. The van der Waals surface area contributed by atoms with Gasteiger partial charge in [0.2, 0.25) is 0 Å². The van der Waals surface area contributed by atoms with Gasteiger partial charge in [-0.1, -0.05) is 34.1 Å². The summed E-state index contributed by atoms with van der Waals surface area (Å²) >= 11 is 0. The molecule has 1 fully saturated rings. The summed E-state index contributed by atoms with van der Waals surface area (Å²) in [5, 5.41) is 0. The normalized spacial score (nSPS) is 15.3. The Balaban J connectivity index is 0. The highest BCUT2D eigenvalue weighted by Crippen LogP contribution is 1.98. The number of rotatable bonds is 0. The first-order valence-electron chi connectivity index (χ1n) is 4.49. The van der Waals surface area contributed by atoms with Gasteiger partial charge >= 0.3 is 0 Å². The van der Waals surface area contributed by atoms with Gasteiger partial charge in [0.15, 0.2) is 0 Å². The van der Waals surface area contributed by atoms with Crippen LogP contribution in [0.25, 0.3) is 0 Å². The first-order valence-corrected chi connectivity index (χ1v) is 4.49. The van der Waals surface area contributed by atoms with Gasteiger partial charge in [0, 0.05) is 0 Å². The number of hydrogen-bond acceptors (Lipinski definition) is 1. The van der Waals surface area contributed by atoms with E-state index in [9.17, 15) is 0 Å². The maximum Gasteiger partial charge on any atom is -0.000959 e. The maximum atomic E-state index is 2.31. The van der Waals surface area contributed by atoms with Crippen LogP contribution in [0.15, 0.2) is 0 Å².